The number of piperazine rings is 1. The van der Waals surface area contributed by atoms with E-state index in [9.17, 15) is 14.4 Å². The number of thioether (sulfide) groups is 1. The number of hydrogen-bond acceptors (Lipinski definition) is 9. The second kappa shape index (κ2) is 15.6. The molecule has 2 amide bonds. The molecule has 0 radical (unpaired) electrons. The van der Waals surface area contributed by atoms with E-state index >= 15 is 0 Å². The standard InChI is InChI=1S/C39H44BClN3O8S/c1-24-36(45)43-34(39(47)52-40)27(23-53-38(24)43)20-44-17-4-5-28(44)19-42(16-18-44)37(46)31-14-15-32(50-21-25-6-10-29(48-2)11-7-25)35(33(31)41)51-22-26-8-12-30(49-3)13-9-26/h6-15,24,28,38H,4-5,16-23,40H2,1-3H3/q+1/t24-,28+,38-,44-/m1/s1. The van der Waals surface area contributed by atoms with Gasteiger partial charge in [-0.25, -0.2) is 4.79 Å². The van der Waals surface area contributed by atoms with Gasteiger partial charge in [-0.3, -0.25) is 14.5 Å². The van der Waals surface area contributed by atoms with Gasteiger partial charge in [-0.2, -0.15) is 0 Å². The highest BCUT2D eigenvalue weighted by Gasteiger charge is 2.54. The van der Waals surface area contributed by atoms with E-state index in [1.165, 1.54) is 8.05 Å². The molecule has 3 aromatic carbocycles. The van der Waals surface area contributed by atoms with Crippen molar-refractivity contribution in [3.8, 4) is 23.0 Å². The summed E-state index contributed by atoms with van der Waals surface area (Å²) in [6.07, 6.45) is 1.98. The van der Waals surface area contributed by atoms with Crippen molar-refractivity contribution in [3.05, 3.63) is 93.6 Å². The summed E-state index contributed by atoms with van der Waals surface area (Å²) in [7, 11) is 4.61. The first-order chi connectivity index (χ1) is 25.7. The smallest absolute Gasteiger partial charge is 0.337 e. The van der Waals surface area contributed by atoms with E-state index in [0.29, 0.717) is 48.1 Å². The van der Waals surface area contributed by atoms with Crippen LogP contribution in [0.3, 0.4) is 0 Å². The van der Waals surface area contributed by atoms with Gasteiger partial charge in [0.15, 0.2) is 11.5 Å². The van der Waals surface area contributed by atoms with Crippen molar-refractivity contribution >= 4 is 49.2 Å². The molecule has 0 spiro atoms. The summed E-state index contributed by atoms with van der Waals surface area (Å²) in [4.78, 5) is 43.7. The summed E-state index contributed by atoms with van der Waals surface area (Å²) >= 11 is 8.78. The number of nitrogens with zero attached hydrogens (tertiary/aromatic N) is 3. The fourth-order valence-corrected chi connectivity index (χ4v) is 9.66. The Balaban J connectivity index is 1.11. The van der Waals surface area contributed by atoms with Gasteiger partial charge in [0.25, 0.3) is 5.91 Å². The highest BCUT2D eigenvalue weighted by atomic mass is 35.5. The molecule has 4 aliphatic heterocycles. The first-order valence-corrected chi connectivity index (χ1v) is 19.3. The third-order valence-electron chi connectivity index (χ3n) is 11.0. The molecule has 11 nitrogen and oxygen atoms in total. The van der Waals surface area contributed by atoms with Gasteiger partial charge in [0.1, 0.15) is 43.0 Å². The molecule has 0 N–H and O–H groups in total. The lowest BCUT2D eigenvalue weighted by Crippen LogP contribution is -2.65. The SMILES string of the molecule is BOC(=O)C1=C(C[N@+]23CCC[C@H]2CN(C(=O)c2ccc(OCc4ccc(OC)cc4)c(OCc4ccc(OC)cc4)c2Cl)CC3)CS[C@@H]2[C@H](C)C(=O)N12. The van der Waals surface area contributed by atoms with Crippen LogP contribution in [-0.2, 0) is 27.5 Å². The zero-order valence-electron chi connectivity index (χ0n) is 30.5. The predicted octanol–water partition coefficient (Wildman–Crippen LogP) is 4.85. The molecule has 278 valence electrons. The van der Waals surface area contributed by atoms with Crippen LogP contribution < -0.4 is 18.9 Å². The first-order valence-electron chi connectivity index (χ1n) is 17.9. The van der Waals surface area contributed by atoms with E-state index in [1.54, 1.807) is 43.0 Å². The Morgan fingerprint density at radius 3 is 2.25 bits per heavy atom. The predicted molar refractivity (Wildman–Crippen MR) is 204 cm³/mol. The minimum atomic E-state index is -0.454. The van der Waals surface area contributed by atoms with Crippen molar-refractivity contribution in [2.75, 3.05) is 52.7 Å². The van der Waals surface area contributed by atoms with Crippen LogP contribution in [0, 0.1) is 5.92 Å². The van der Waals surface area contributed by atoms with E-state index < -0.39 is 5.97 Å². The van der Waals surface area contributed by atoms with Gasteiger partial charge in [-0.15, -0.1) is 11.8 Å². The normalized spacial score (nSPS) is 23.5. The number of benzene rings is 3. The fourth-order valence-electron chi connectivity index (χ4n) is 8.01. The minimum Gasteiger partial charge on any atom is -0.539 e. The van der Waals surface area contributed by atoms with Gasteiger partial charge >= 0.3 is 14.0 Å². The van der Waals surface area contributed by atoms with Crippen LogP contribution in [0.1, 0.15) is 41.3 Å². The van der Waals surface area contributed by atoms with E-state index in [2.05, 4.69) is 0 Å². The molecular weight excluding hydrogens is 717 g/mol. The molecule has 4 atom stereocenters. The molecule has 4 aliphatic rings. The summed E-state index contributed by atoms with van der Waals surface area (Å²) in [5.41, 5.74) is 3.55. The van der Waals surface area contributed by atoms with Gasteiger partial charge in [0, 0.05) is 24.2 Å². The molecule has 7 rings (SSSR count). The fraction of sp³-hybridized carbons (Fsp3) is 0.410. The maximum absolute atomic E-state index is 14.3. The Hall–Kier alpha value is -4.33. The monoisotopic (exact) mass is 760 g/mol. The zero-order chi connectivity index (χ0) is 37.3. The van der Waals surface area contributed by atoms with Crippen molar-refractivity contribution in [2.45, 2.75) is 44.4 Å². The number of methoxy groups -OCH3 is 2. The van der Waals surface area contributed by atoms with Crippen LogP contribution in [0.15, 0.2) is 71.9 Å². The van der Waals surface area contributed by atoms with Crippen LogP contribution in [-0.4, -0.2) is 104 Å². The largest absolute Gasteiger partial charge is 0.539 e. The van der Waals surface area contributed by atoms with E-state index in [0.717, 1.165) is 58.6 Å². The zero-order valence-corrected chi connectivity index (χ0v) is 32.0. The quantitative estimate of drug-likeness (QED) is 0.146. The number of amides is 2. The Labute approximate surface area is 320 Å². The van der Waals surface area contributed by atoms with E-state index in [1.807, 2.05) is 60.4 Å². The molecule has 0 aliphatic carbocycles. The van der Waals surface area contributed by atoms with Crippen molar-refractivity contribution in [1.82, 2.24) is 9.80 Å². The van der Waals surface area contributed by atoms with E-state index in [4.69, 9.17) is 35.2 Å². The van der Waals surface area contributed by atoms with Crippen LogP contribution in [0.4, 0.5) is 0 Å². The second-order valence-electron chi connectivity index (χ2n) is 14.0. The number of ether oxygens (including phenoxy) is 4. The van der Waals surface area contributed by atoms with Gasteiger partial charge < -0.3 is 33.0 Å². The molecule has 0 unspecified atom stereocenters. The molecule has 0 saturated carbocycles. The van der Waals surface area contributed by atoms with E-state index in [-0.39, 0.29) is 47.4 Å². The number of rotatable bonds is 12. The lowest BCUT2D eigenvalue weighted by Gasteiger charge is -2.51. The molecule has 3 aromatic rings. The number of fused-ring (bicyclic) bond motifs is 2. The molecule has 4 heterocycles. The average molecular weight is 761 g/mol. The summed E-state index contributed by atoms with van der Waals surface area (Å²) < 4.78 is 29.1. The molecular formula is C39H44BClN3O8S+. The van der Waals surface area contributed by atoms with Crippen LogP contribution in [0.25, 0.3) is 0 Å². The van der Waals surface area contributed by atoms with Crippen LogP contribution in [0.2, 0.25) is 5.02 Å². The number of β-lactam (4-membered cyclic amide) rings is 1. The Kier molecular flexibility index (Phi) is 10.9. The molecule has 14 heteroatoms. The lowest BCUT2D eigenvalue weighted by atomic mass is 9.97. The summed E-state index contributed by atoms with van der Waals surface area (Å²) in [5.74, 6) is 2.13. The molecule has 3 saturated heterocycles. The number of carbonyl (C=O) groups excluding carboxylic acids is 3. The molecule has 3 fully saturated rings. The lowest BCUT2D eigenvalue weighted by molar-refractivity contribution is -0.938. The first kappa shape index (κ1) is 37.0. The number of carbonyl (C=O) groups is 3. The maximum Gasteiger partial charge on any atom is 0.337 e. The Morgan fingerprint density at radius 2 is 1.60 bits per heavy atom. The highest BCUT2D eigenvalue weighted by molar-refractivity contribution is 8.00. The summed E-state index contributed by atoms with van der Waals surface area (Å²) in [5, 5.41) is 0.168. The number of quaternary nitrogens is 1. The number of halogens is 1. The highest BCUT2D eigenvalue weighted by Crippen LogP contribution is 2.46. The van der Waals surface area contributed by atoms with Crippen LogP contribution in [0.5, 0.6) is 23.0 Å². The number of hydrogen-bond donors (Lipinski definition) is 0. The Bertz CT molecular complexity index is 1910. The Morgan fingerprint density at radius 1 is 0.943 bits per heavy atom. The molecule has 0 aromatic heterocycles. The average Bonchev–Trinajstić information content (AvgIpc) is 3.61. The summed E-state index contributed by atoms with van der Waals surface area (Å²) in [6, 6.07) is 18.8. The van der Waals surface area contributed by atoms with Gasteiger partial charge in [0.2, 0.25) is 5.91 Å². The minimum absolute atomic E-state index is 0.0294. The summed E-state index contributed by atoms with van der Waals surface area (Å²) in [6.45, 7) is 5.80. The van der Waals surface area contributed by atoms with Crippen molar-refractivity contribution in [1.29, 1.82) is 0 Å². The maximum atomic E-state index is 14.3. The van der Waals surface area contributed by atoms with Gasteiger partial charge in [0.05, 0.1) is 62.3 Å². The van der Waals surface area contributed by atoms with Crippen molar-refractivity contribution < 1.29 is 42.5 Å². The molecule has 53 heavy (non-hydrogen) atoms. The van der Waals surface area contributed by atoms with Crippen LogP contribution >= 0.6 is 23.4 Å². The second-order valence-corrected chi connectivity index (χ2v) is 15.5. The third-order valence-corrected chi connectivity index (χ3v) is 12.9. The third kappa shape index (κ3) is 7.18. The molecule has 0 bridgehead atoms. The van der Waals surface area contributed by atoms with Crippen molar-refractivity contribution in [2.24, 2.45) is 5.92 Å². The van der Waals surface area contributed by atoms with Crippen molar-refractivity contribution in [3.63, 3.8) is 0 Å². The topological polar surface area (TPSA) is 104 Å². The van der Waals surface area contributed by atoms with Gasteiger partial charge in [-0.1, -0.05) is 42.8 Å². The van der Waals surface area contributed by atoms with Gasteiger partial charge in [-0.05, 0) is 47.5 Å².